The number of rotatable bonds is 3. The van der Waals surface area contributed by atoms with E-state index < -0.39 is 0 Å². The minimum Gasteiger partial charge on any atom is -0.448 e. The van der Waals surface area contributed by atoms with E-state index in [0.29, 0.717) is 17.9 Å². The van der Waals surface area contributed by atoms with E-state index in [1.165, 1.54) is 69.1 Å². The van der Waals surface area contributed by atoms with E-state index in [1.54, 1.807) is 0 Å². The van der Waals surface area contributed by atoms with Gasteiger partial charge in [-0.25, -0.2) is 4.99 Å². The lowest BCUT2D eigenvalue weighted by Gasteiger charge is -2.57. The average molecular weight is 393 g/mol. The fourth-order valence-corrected chi connectivity index (χ4v) is 8.27. The van der Waals surface area contributed by atoms with Crippen LogP contribution >= 0.6 is 0 Å². The number of hydrogen-bond acceptors (Lipinski definition) is 2. The molecule has 1 spiro atoms. The molecular weight excluding hydrogens is 358 g/mol. The van der Waals surface area contributed by atoms with Gasteiger partial charge in [0.15, 0.2) is 11.6 Å². The van der Waals surface area contributed by atoms with Crippen LogP contribution in [-0.4, -0.2) is 17.3 Å². The molecule has 6 aliphatic rings. The topological polar surface area (TPSA) is 40.3 Å². The molecule has 5 aliphatic carbocycles. The van der Waals surface area contributed by atoms with Gasteiger partial charge in [0.05, 0.1) is 0 Å². The van der Waals surface area contributed by atoms with Gasteiger partial charge in [0.2, 0.25) is 5.71 Å². The zero-order valence-electron chi connectivity index (χ0n) is 17.5. The summed E-state index contributed by atoms with van der Waals surface area (Å²) in [6, 6.07) is 11.4. The summed E-state index contributed by atoms with van der Waals surface area (Å²) in [6.45, 7) is 0. The maximum absolute atomic E-state index is 12.4. The van der Waals surface area contributed by atoms with Gasteiger partial charge in [-0.05, 0) is 82.0 Å². The number of carbonyl (C=O) groups excluding carboxylic acids is 1. The second-order valence-electron chi connectivity index (χ2n) is 11.0. The van der Waals surface area contributed by atoms with E-state index in [1.807, 2.05) is 0 Å². The van der Waals surface area contributed by atoms with E-state index in [-0.39, 0.29) is 11.6 Å². The molecule has 1 heterocycles. The molecular formula is C26H34NO2+. The molecule has 1 aromatic carbocycles. The minimum atomic E-state index is -0.329. The highest BCUT2D eigenvalue weighted by Gasteiger charge is 2.58. The first-order chi connectivity index (χ1) is 14.1. The number of hydrogen-bond donors (Lipinski definition) is 1. The third-order valence-electron chi connectivity index (χ3n) is 8.99. The fraction of sp³-hybridized carbons (Fsp3) is 0.692. The van der Waals surface area contributed by atoms with Crippen molar-refractivity contribution in [3.8, 4) is 0 Å². The van der Waals surface area contributed by atoms with Gasteiger partial charge in [-0.2, -0.15) is 0 Å². The van der Waals surface area contributed by atoms with Crippen molar-refractivity contribution >= 4 is 11.7 Å². The largest absolute Gasteiger partial charge is 0.448 e. The van der Waals surface area contributed by atoms with Crippen molar-refractivity contribution in [2.75, 3.05) is 0 Å². The van der Waals surface area contributed by atoms with E-state index in [9.17, 15) is 4.79 Å². The minimum absolute atomic E-state index is 0.0216. The summed E-state index contributed by atoms with van der Waals surface area (Å²) in [6.07, 6.45) is 14.6. The predicted octanol–water partition coefficient (Wildman–Crippen LogP) is 4.12. The van der Waals surface area contributed by atoms with E-state index in [4.69, 9.17) is 4.74 Å². The first-order valence-corrected chi connectivity index (χ1v) is 12.0. The van der Waals surface area contributed by atoms with Gasteiger partial charge < -0.3 is 4.74 Å². The van der Waals surface area contributed by atoms with Crippen LogP contribution < -0.4 is 4.99 Å². The Balaban J connectivity index is 1.44. The summed E-state index contributed by atoms with van der Waals surface area (Å²) in [5.41, 5.74) is 2.63. The monoisotopic (exact) mass is 392 g/mol. The molecule has 1 atom stereocenters. The Kier molecular flexibility index (Phi) is 4.18. The zero-order valence-corrected chi connectivity index (χ0v) is 17.5. The summed E-state index contributed by atoms with van der Waals surface area (Å²) in [5.74, 6) is 2.74. The maximum Gasteiger partial charge on any atom is 0.317 e. The summed E-state index contributed by atoms with van der Waals surface area (Å²) in [7, 11) is 0. The Morgan fingerprint density at radius 3 is 2.14 bits per heavy atom. The third-order valence-corrected chi connectivity index (χ3v) is 8.99. The van der Waals surface area contributed by atoms with E-state index in [2.05, 4.69) is 35.3 Å². The Labute approximate surface area is 174 Å². The molecule has 3 heteroatoms. The van der Waals surface area contributed by atoms with Crippen molar-refractivity contribution in [1.29, 1.82) is 0 Å². The molecule has 5 saturated carbocycles. The van der Waals surface area contributed by atoms with Crippen molar-refractivity contribution in [2.45, 2.75) is 88.7 Å². The fourth-order valence-electron chi connectivity index (χ4n) is 8.27. The van der Waals surface area contributed by atoms with Crippen LogP contribution in [0.1, 0.15) is 88.7 Å². The molecule has 7 rings (SSSR count). The lowest BCUT2D eigenvalue weighted by molar-refractivity contribution is -0.544. The van der Waals surface area contributed by atoms with Gasteiger partial charge in [0.25, 0.3) is 0 Å². The van der Waals surface area contributed by atoms with Crippen LogP contribution in [0.4, 0.5) is 0 Å². The van der Waals surface area contributed by atoms with E-state index in [0.717, 1.165) is 30.6 Å². The van der Waals surface area contributed by atoms with Crippen LogP contribution in [0.25, 0.3) is 0 Å². The highest BCUT2D eigenvalue weighted by Crippen LogP contribution is 2.63. The summed E-state index contributed by atoms with van der Waals surface area (Å²) in [4.78, 5) is 16.5. The van der Waals surface area contributed by atoms with Crippen molar-refractivity contribution in [2.24, 2.45) is 23.2 Å². The van der Waals surface area contributed by atoms with Gasteiger partial charge in [-0.1, -0.05) is 36.8 Å². The smallest absolute Gasteiger partial charge is 0.317 e. The van der Waals surface area contributed by atoms with Crippen molar-refractivity contribution in [1.82, 2.24) is 0 Å². The summed E-state index contributed by atoms with van der Waals surface area (Å²) >= 11 is 0. The Morgan fingerprint density at radius 2 is 1.52 bits per heavy atom. The van der Waals surface area contributed by atoms with Gasteiger partial charge in [0.1, 0.15) is 6.42 Å². The molecule has 154 valence electrons. The Bertz CT molecular complexity index is 785. The zero-order chi connectivity index (χ0) is 19.5. The highest BCUT2D eigenvalue weighted by molar-refractivity contribution is 6.06. The second-order valence-corrected chi connectivity index (χ2v) is 11.0. The molecule has 29 heavy (non-hydrogen) atoms. The highest BCUT2D eigenvalue weighted by atomic mass is 16.6. The average Bonchev–Trinajstić information content (AvgIpc) is 3.00. The van der Waals surface area contributed by atoms with Gasteiger partial charge in [0, 0.05) is 11.0 Å². The molecule has 0 unspecified atom stereocenters. The molecule has 0 aromatic heterocycles. The molecule has 3 nitrogen and oxygen atoms in total. The molecule has 4 bridgehead atoms. The number of benzene rings is 1. The van der Waals surface area contributed by atoms with Crippen molar-refractivity contribution in [3.63, 3.8) is 0 Å². The third kappa shape index (κ3) is 2.99. The lowest BCUT2D eigenvalue weighted by atomic mass is 9.47. The van der Waals surface area contributed by atoms with Crippen LogP contribution in [0.5, 0.6) is 0 Å². The van der Waals surface area contributed by atoms with Crippen LogP contribution in [-0.2, 0) is 9.53 Å². The standard InChI is InChI=1S/C26H33NO2/c28-23-14-22(26(29-23)9-5-2-6-10-26)27-24(21-7-3-1-4-8-21)25-15-18-11-19(16-25)13-20(12-18)17-25/h1,3-4,7-8,18-20,24H,2,5-6,9-17H2/p+1/t18?,19?,20?,24-,25?/m1/s1. The summed E-state index contributed by atoms with van der Waals surface area (Å²) in [5, 5.41) is 0. The van der Waals surface area contributed by atoms with Crippen molar-refractivity contribution < 1.29 is 14.5 Å². The molecule has 6 fully saturated rings. The predicted molar refractivity (Wildman–Crippen MR) is 112 cm³/mol. The van der Waals surface area contributed by atoms with Crippen LogP contribution in [0.15, 0.2) is 30.3 Å². The van der Waals surface area contributed by atoms with Gasteiger partial charge in [-0.15, -0.1) is 0 Å². The second kappa shape index (κ2) is 6.68. The Hall–Kier alpha value is -1.64. The van der Waals surface area contributed by atoms with Gasteiger partial charge in [-0.3, -0.25) is 4.79 Å². The van der Waals surface area contributed by atoms with Crippen LogP contribution in [0.3, 0.4) is 0 Å². The molecule has 0 radical (unpaired) electrons. The molecule has 1 aromatic rings. The first kappa shape index (κ1) is 18.2. The van der Waals surface area contributed by atoms with Gasteiger partial charge >= 0.3 is 5.97 Å². The quantitative estimate of drug-likeness (QED) is 0.786. The molecule has 1 saturated heterocycles. The molecule has 1 aliphatic heterocycles. The molecule has 0 amide bonds. The first-order valence-electron chi connectivity index (χ1n) is 12.0. The number of esters is 1. The van der Waals surface area contributed by atoms with Crippen LogP contribution in [0, 0.1) is 23.2 Å². The SMILES string of the molecule is O=C1CC(=[NH+][C@H](c2ccccc2)C23CC4CC(CC(C4)C2)C3)C2(CCCCC2)O1. The summed E-state index contributed by atoms with van der Waals surface area (Å²) < 4.78 is 6.02. The van der Waals surface area contributed by atoms with E-state index >= 15 is 0 Å². The molecule has 1 N–H and O–H groups in total. The number of nitrogens with one attached hydrogen (secondary N) is 1. The normalized spacial score (nSPS) is 39.8. The number of carbonyl (C=O) groups is 1. The lowest BCUT2D eigenvalue weighted by Crippen LogP contribution is -2.82. The maximum atomic E-state index is 12.4. The number of ether oxygens (including phenoxy) is 1. The Morgan fingerprint density at radius 1 is 0.897 bits per heavy atom. The van der Waals surface area contributed by atoms with Crippen molar-refractivity contribution in [3.05, 3.63) is 35.9 Å². The van der Waals surface area contributed by atoms with Crippen LogP contribution in [0.2, 0.25) is 0 Å².